The van der Waals surface area contributed by atoms with Crippen molar-refractivity contribution >= 4 is 17.3 Å². The molecule has 4 rings (SSSR count). The van der Waals surface area contributed by atoms with Crippen molar-refractivity contribution in [1.82, 2.24) is 14.6 Å². The van der Waals surface area contributed by atoms with Gasteiger partial charge in [0.2, 0.25) is 0 Å². The molecule has 3 heterocycles. The van der Waals surface area contributed by atoms with Crippen molar-refractivity contribution in [3.8, 4) is 0 Å². The fraction of sp³-hybridized carbons (Fsp3) is 0.476. The molecule has 8 nitrogen and oxygen atoms in total. The maximum atomic E-state index is 11.5. The van der Waals surface area contributed by atoms with Crippen LogP contribution in [0.4, 0.5) is 11.6 Å². The molecule has 2 unspecified atom stereocenters. The van der Waals surface area contributed by atoms with Crippen LogP contribution in [0.25, 0.3) is 5.65 Å². The molecule has 0 radical (unpaired) electrons. The van der Waals surface area contributed by atoms with Crippen molar-refractivity contribution in [2.24, 2.45) is 5.92 Å². The van der Waals surface area contributed by atoms with E-state index in [0.717, 1.165) is 58.8 Å². The molecule has 1 aliphatic carbocycles. The highest BCUT2D eigenvalue weighted by molar-refractivity contribution is 5.60. The minimum atomic E-state index is 0.196. The molecule has 0 saturated heterocycles. The Bertz CT molecular complexity index is 973. The number of aryl methyl sites for hydroxylation is 1. The average molecular weight is 396 g/mol. The Kier molecular flexibility index (Phi) is 5.80. The third-order valence-electron chi connectivity index (χ3n) is 5.71. The van der Waals surface area contributed by atoms with Gasteiger partial charge in [-0.25, -0.2) is 4.98 Å². The van der Waals surface area contributed by atoms with E-state index in [2.05, 4.69) is 22.7 Å². The van der Waals surface area contributed by atoms with Gasteiger partial charge in [-0.3, -0.25) is 0 Å². The molecule has 3 N–H and O–H groups in total. The Morgan fingerprint density at radius 3 is 3.00 bits per heavy atom. The van der Waals surface area contributed by atoms with E-state index in [4.69, 9.17) is 4.98 Å². The highest BCUT2D eigenvalue weighted by atomic mass is 16.5. The number of hydrogen-bond donors (Lipinski definition) is 3. The smallest absolute Gasteiger partial charge is 0.185 e. The molecule has 154 valence electrons. The summed E-state index contributed by atoms with van der Waals surface area (Å²) in [5, 5.41) is 32.7. The predicted molar refractivity (Wildman–Crippen MR) is 112 cm³/mol. The summed E-state index contributed by atoms with van der Waals surface area (Å²) < 4.78 is 2.61. The Morgan fingerprint density at radius 2 is 2.21 bits per heavy atom. The number of nitrogens with zero attached hydrogens (tertiary/aromatic N) is 4. The van der Waals surface area contributed by atoms with Gasteiger partial charge < -0.3 is 20.9 Å². The summed E-state index contributed by atoms with van der Waals surface area (Å²) in [5.74, 6) is 1.85. The molecule has 1 saturated carbocycles. The Morgan fingerprint density at radius 1 is 1.34 bits per heavy atom. The van der Waals surface area contributed by atoms with Crippen molar-refractivity contribution in [3.05, 3.63) is 53.1 Å². The van der Waals surface area contributed by atoms with Crippen LogP contribution in [0.2, 0.25) is 0 Å². The first-order valence-electron chi connectivity index (χ1n) is 10.3. The van der Waals surface area contributed by atoms with Gasteiger partial charge in [-0.15, -0.1) is 0 Å². The first-order valence-corrected chi connectivity index (χ1v) is 10.3. The van der Waals surface area contributed by atoms with Crippen LogP contribution in [-0.2, 0) is 13.0 Å². The van der Waals surface area contributed by atoms with Crippen LogP contribution in [0.1, 0.15) is 43.7 Å². The maximum absolute atomic E-state index is 11.5. The standard InChI is InChI=1S/C21H28N6O2/c1-2-16-12-23-27-20(22-11-15-6-5-9-26(29)13-15)10-19(25-21(16)27)24-18-8-4-3-7-17(18)14-28/h5-6,9-10,12-13,17-18,22,28H,2-4,7-8,11,14H2,1H3,(H,24,25). The quantitative estimate of drug-likeness (QED) is 0.419. The zero-order valence-electron chi connectivity index (χ0n) is 16.7. The first kappa shape index (κ1) is 19.4. The second-order valence-electron chi connectivity index (χ2n) is 7.69. The van der Waals surface area contributed by atoms with Crippen molar-refractivity contribution < 1.29 is 9.84 Å². The second-order valence-corrected chi connectivity index (χ2v) is 7.69. The zero-order chi connectivity index (χ0) is 20.2. The highest BCUT2D eigenvalue weighted by Crippen LogP contribution is 2.28. The third-order valence-corrected chi connectivity index (χ3v) is 5.71. The lowest BCUT2D eigenvalue weighted by molar-refractivity contribution is -0.605. The summed E-state index contributed by atoms with van der Waals surface area (Å²) in [4.78, 5) is 4.81. The summed E-state index contributed by atoms with van der Waals surface area (Å²) >= 11 is 0. The van der Waals surface area contributed by atoms with Crippen LogP contribution in [-0.4, -0.2) is 32.4 Å². The zero-order valence-corrected chi connectivity index (χ0v) is 16.7. The minimum Gasteiger partial charge on any atom is -0.619 e. The molecule has 8 heteroatoms. The van der Waals surface area contributed by atoms with Crippen LogP contribution >= 0.6 is 0 Å². The molecule has 3 aromatic heterocycles. The van der Waals surface area contributed by atoms with Crippen LogP contribution < -0.4 is 15.4 Å². The number of nitrogens with one attached hydrogen (secondary N) is 2. The number of aromatic nitrogens is 4. The number of hydrogen-bond acceptors (Lipinski definition) is 6. The molecule has 1 fully saturated rings. The third kappa shape index (κ3) is 4.27. The van der Waals surface area contributed by atoms with E-state index in [9.17, 15) is 10.3 Å². The molecular formula is C21H28N6O2. The van der Waals surface area contributed by atoms with Gasteiger partial charge in [0.15, 0.2) is 18.0 Å². The summed E-state index contributed by atoms with van der Waals surface area (Å²) in [6.07, 6.45) is 10.1. The molecule has 0 aromatic carbocycles. The van der Waals surface area contributed by atoms with E-state index in [0.29, 0.717) is 6.54 Å². The van der Waals surface area contributed by atoms with Crippen molar-refractivity contribution in [2.45, 2.75) is 51.6 Å². The van der Waals surface area contributed by atoms with E-state index in [1.807, 2.05) is 22.8 Å². The fourth-order valence-corrected chi connectivity index (χ4v) is 4.06. The van der Waals surface area contributed by atoms with E-state index < -0.39 is 0 Å². The summed E-state index contributed by atoms with van der Waals surface area (Å²) in [5.41, 5.74) is 2.79. The van der Waals surface area contributed by atoms with Gasteiger partial charge in [0.25, 0.3) is 0 Å². The number of aliphatic hydroxyl groups is 1. The highest BCUT2D eigenvalue weighted by Gasteiger charge is 2.25. The molecule has 3 aromatic rings. The molecule has 0 aliphatic heterocycles. The topological polar surface area (TPSA) is 101 Å². The minimum absolute atomic E-state index is 0.196. The van der Waals surface area contributed by atoms with Gasteiger partial charge in [-0.05, 0) is 25.3 Å². The van der Waals surface area contributed by atoms with Crippen molar-refractivity contribution in [2.75, 3.05) is 17.2 Å². The Labute approximate surface area is 170 Å². The molecule has 0 amide bonds. The lowest BCUT2D eigenvalue weighted by atomic mass is 9.85. The molecule has 0 spiro atoms. The summed E-state index contributed by atoms with van der Waals surface area (Å²) in [6, 6.07) is 5.82. The van der Waals surface area contributed by atoms with Gasteiger partial charge in [-0.1, -0.05) is 19.8 Å². The van der Waals surface area contributed by atoms with Gasteiger partial charge in [-0.2, -0.15) is 14.3 Å². The van der Waals surface area contributed by atoms with Gasteiger partial charge in [0.1, 0.15) is 11.6 Å². The Balaban J connectivity index is 1.62. The molecular weight excluding hydrogens is 368 g/mol. The Hall–Kier alpha value is -2.87. The lowest BCUT2D eigenvalue weighted by Gasteiger charge is -2.31. The van der Waals surface area contributed by atoms with E-state index in [1.54, 1.807) is 12.3 Å². The molecule has 2 atom stereocenters. The van der Waals surface area contributed by atoms with Crippen LogP contribution in [0.15, 0.2) is 36.8 Å². The number of rotatable bonds is 7. The number of pyridine rings is 1. The van der Waals surface area contributed by atoms with Gasteiger partial charge >= 0.3 is 0 Å². The molecule has 29 heavy (non-hydrogen) atoms. The normalized spacial score (nSPS) is 19.4. The van der Waals surface area contributed by atoms with Crippen molar-refractivity contribution in [3.63, 3.8) is 0 Å². The average Bonchev–Trinajstić information content (AvgIpc) is 3.15. The predicted octanol–water partition coefficient (Wildman–Crippen LogP) is 2.50. The van der Waals surface area contributed by atoms with Crippen molar-refractivity contribution in [1.29, 1.82) is 0 Å². The van der Waals surface area contributed by atoms with E-state index >= 15 is 0 Å². The maximum Gasteiger partial charge on any atom is 0.185 e. The van der Waals surface area contributed by atoms with Crippen LogP contribution in [0.3, 0.4) is 0 Å². The first-order chi connectivity index (χ1) is 14.2. The SMILES string of the molecule is CCc1cnn2c(NCc3ccc[n+]([O-])c3)cc(NC3CCCCC3CO)nc12. The largest absolute Gasteiger partial charge is 0.619 e. The van der Waals surface area contributed by atoms with Gasteiger partial charge in [0, 0.05) is 48.4 Å². The monoisotopic (exact) mass is 396 g/mol. The lowest BCUT2D eigenvalue weighted by Crippen LogP contribution is -2.34. The van der Waals surface area contributed by atoms with Crippen LogP contribution in [0, 0.1) is 11.1 Å². The number of fused-ring (bicyclic) bond motifs is 1. The fourth-order valence-electron chi connectivity index (χ4n) is 4.06. The summed E-state index contributed by atoms with van der Waals surface area (Å²) in [6.45, 7) is 2.79. The number of aliphatic hydroxyl groups excluding tert-OH is 1. The van der Waals surface area contributed by atoms with E-state index in [-0.39, 0.29) is 18.6 Å². The van der Waals surface area contributed by atoms with Gasteiger partial charge in [0.05, 0.1) is 6.20 Å². The molecule has 1 aliphatic rings. The summed E-state index contributed by atoms with van der Waals surface area (Å²) in [7, 11) is 0. The second kappa shape index (κ2) is 8.65. The molecule has 0 bridgehead atoms. The van der Waals surface area contributed by atoms with Crippen LogP contribution in [0.5, 0.6) is 0 Å². The number of anilines is 2. The van der Waals surface area contributed by atoms with E-state index in [1.165, 1.54) is 12.6 Å².